The topological polar surface area (TPSA) is 22.1 Å². The third kappa shape index (κ3) is 1.68. The number of rotatable bonds is 1. The van der Waals surface area contributed by atoms with E-state index in [-0.39, 0.29) is 5.41 Å². The molecule has 0 atom stereocenters. The highest BCUT2D eigenvalue weighted by Gasteiger charge is 2.39. The van der Waals surface area contributed by atoms with Crippen LogP contribution >= 0.6 is 0 Å². The van der Waals surface area contributed by atoms with Gasteiger partial charge in [0.15, 0.2) is 0 Å². The van der Waals surface area contributed by atoms with Crippen LogP contribution in [-0.4, -0.2) is 12.1 Å². The minimum atomic E-state index is 0.0398. The second kappa shape index (κ2) is 4.20. The van der Waals surface area contributed by atoms with Crippen molar-refractivity contribution in [1.82, 2.24) is 4.98 Å². The maximum absolute atomic E-state index is 5.42. The van der Waals surface area contributed by atoms with Crippen LogP contribution in [0, 0.1) is 0 Å². The Hall–Kier alpha value is -2.09. The summed E-state index contributed by atoms with van der Waals surface area (Å²) in [7, 11) is 1.73. The van der Waals surface area contributed by atoms with E-state index in [1.807, 2.05) is 12.3 Å². The highest BCUT2D eigenvalue weighted by atomic mass is 16.5. The van der Waals surface area contributed by atoms with Crippen molar-refractivity contribution in [1.29, 1.82) is 0 Å². The zero-order valence-corrected chi connectivity index (χ0v) is 12.7. The van der Waals surface area contributed by atoms with Crippen LogP contribution in [-0.2, 0) is 18.3 Å². The lowest BCUT2D eigenvalue weighted by molar-refractivity contribution is 0.412. The molecule has 4 rings (SSSR count). The van der Waals surface area contributed by atoms with Crippen LogP contribution in [0.15, 0.2) is 42.1 Å². The number of methoxy groups -OCH3 is 1. The maximum Gasteiger partial charge on any atom is 0.119 e. The van der Waals surface area contributed by atoms with E-state index in [0.29, 0.717) is 0 Å². The summed E-state index contributed by atoms with van der Waals surface area (Å²) < 4.78 is 5.42. The molecule has 2 heteroatoms. The first kappa shape index (κ1) is 12.6. The molecule has 1 aromatic carbocycles. The lowest BCUT2D eigenvalue weighted by Gasteiger charge is -2.35. The number of aromatic nitrogens is 1. The largest absolute Gasteiger partial charge is 0.497 e. The normalized spacial score (nSPS) is 18.0. The Labute approximate surface area is 125 Å². The summed E-state index contributed by atoms with van der Waals surface area (Å²) in [5.41, 5.74) is 8.44. The Morgan fingerprint density at radius 2 is 2.00 bits per heavy atom. The van der Waals surface area contributed by atoms with Gasteiger partial charge in [-0.1, -0.05) is 26.0 Å². The van der Waals surface area contributed by atoms with Gasteiger partial charge in [-0.25, -0.2) is 0 Å². The lowest BCUT2D eigenvalue weighted by atomic mass is 9.69. The first-order valence-electron chi connectivity index (χ1n) is 7.45. The van der Waals surface area contributed by atoms with Crippen molar-refractivity contribution in [3.05, 3.63) is 64.5 Å². The van der Waals surface area contributed by atoms with E-state index >= 15 is 0 Å². The molecule has 106 valence electrons. The maximum atomic E-state index is 5.42. The fourth-order valence-electron chi connectivity index (χ4n) is 3.86. The molecular weight excluding hydrogens is 258 g/mol. The van der Waals surface area contributed by atoms with Crippen molar-refractivity contribution in [2.24, 2.45) is 0 Å². The van der Waals surface area contributed by atoms with Gasteiger partial charge in [0, 0.05) is 18.0 Å². The summed E-state index contributed by atoms with van der Waals surface area (Å²) in [6.07, 6.45) is 3.90. The van der Waals surface area contributed by atoms with Crippen LogP contribution in [0.3, 0.4) is 0 Å². The van der Waals surface area contributed by atoms with Gasteiger partial charge in [0.25, 0.3) is 0 Å². The van der Waals surface area contributed by atoms with Crippen molar-refractivity contribution in [3.8, 4) is 5.75 Å². The van der Waals surface area contributed by atoms with E-state index in [2.05, 4.69) is 43.1 Å². The monoisotopic (exact) mass is 277 g/mol. The Morgan fingerprint density at radius 1 is 1.14 bits per heavy atom. The van der Waals surface area contributed by atoms with Gasteiger partial charge in [0.05, 0.1) is 12.8 Å². The summed E-state index contributed by atoms with van der Waals surface area (Å²) in [5.74, 6) is 0.944. The third-order valence-corrected chi connectivity index (χ3v) is 5.04. The van der Waals surface area contributed by atoms with E-state index in [1.165, 1.54) is 33.5 Å². The predicted octanol–water partition coefficient (Wildman–Crippen LogP) is 3.93. The predicted molar refractivity (Wildman–Crippen MR) is 84.6 cm³/mol. The van der Waals surface area contributed by atoms with Crippen LogP contribution in [0.1, 0.15) is 36.2 Å². The molecule has 2 nitrogen and oxygen atoms in total. The highest BCUT2D eigenvalue weighted by molar-refractivity contribution is 5.81. The number of allylic oxidation sites excluding steroid dienone is 2. The standard InChI is InChI=1S/C19H19NO/c1-19(2)16-10-13(21-3)7-6-12(16)9-15-14-5-4-8-20-18(14)11-17(15)19/h4-8,10H,9,11H2,1-3H3. The summed E-state index contributed by atoms with van der Waals surface area (Å²) in [6, 6.07) is 10.8. The summed E-state index contributed by atoms with van der Waals surface area (Å²) >= 11 is 0. The summed E-state index contributed by atoms with van der Waals surface area (Å²) in [5, 5.41) is 0. The molecule has 0 saturated heterocycles. The molecule has 0 fully saturated rings. The molecule has 2 aliphatic rings. The van der Waals surface area contributed by atoms with E-state index in [4.69, 9.17) is 4.74 Å². The molecule has 0 N–H and O–H groups in total. The minimum absolute atomic E-state index is 0.0398. The number of ether oxygens (including phenoxy) is 1. The number of pyridine rings is 1. The smallest absolute Gasteiger partial charge is 0.119 e. The minimum Gasteiger partial charge on any atom is -0.497 e. The van der Waals surface area contributed by atoms with E-state index in [1.54, 1.807) is 7.11 Å². The van der Waals surface area contributed by atoms with E-state index in [9.17, 15) is 0 Å². The summed E-state index contributed by atoms with van der Waals surface area (Å²) in [4.78, 5) is 4.58. The van der Waals surface area contributed by atoms with Crippen LogP contribution in [0.25, 0.3) is 5.57 Å². The van der Waals surface area contributed by atoms with Gasteiger partial charge in [0.2, 0.25) is 0 Å². The Balaban J connectivity index is 1.90. The van der Waals surface area contributed by atoms with Gasteiger partial charge < -0.3 is 4.74 Å². The number of hydrogen-bond donors (Lipinski definition) is 0. The fourth-order valence-corrected chi connectivity index (χ4v) is 3.86. The van der Waals surface area contributed by atoms with Gasteiger partial charge >= 0.3 is 0 Å². The second-order valence-electron chi connectivity index (χ2n) is 6.46. The zero-order valence-electron chi connectivity index (χ0n) is 12.7. The average molecular weight is 277 g/mol. The molecule has 2 aliphatic carbocycles. The molecular formula is C19H19NO. The van der Waals surface area contributed by atoms with Gasteiger partial charge in [-0.05, 0) is 52.5 Å². The molecule has 1 heterocycles. The zero-order chi connectivity index (χ0) is 14.6. The molecule has 21 heavy (non-hydrogen) atoms. The molecule has 0 unspecified atom stereocenters. The van der Waals surface area contributed by atoms with Crippen molar-refractivity contribution in [3.63, 3.8) is 0 Å². The first-order chi connectivity index (χ1) is 10.1. The van der Waals surface area contributed by atoms with E-state index < -0.39 is 0 Å². The quantitative estimate of drug-likeness (QED) is 0.788. The van der Waals surface area contributed by atoms with Crippen LogP contribution in [0.5, 0.6) is 5.75 Å². The molecule has 2 aromatic rings. The Bertz CT molecular complexity index is 771. The fraction of sp³-hybridized carbons (Fsp3) is 0.316. The number of benzene rings is 1. The lowest BCUT2D eigenvalue weighted by Crippen LogP contribution is -2.26. The van der Waals surface area contributed by atoms with Crippen molar-refractivity contribution in [2.45, 2.75) is 32.1 Å². The molecule has 0 saturated carbocycles. The van der Waals surface area contributed by atoms with Crippen LogP contribution in [0.2, 0.25) is 0 Å². The Kier molecular flexibility index (Phi) is 2.53. The van der Waals surface area contributed by atoms with Crippen LogP contribution < -0.4 is 4.74 Å². The second-order valence-corrected chi connectivity index (χ2v) is 6.46. The number of hydrogen-bond acceptors (Lipinski definition) is 2. The summed E-state index contributed by atoms with van der Waals surface area (Å²) in [6.45, 7) is 4.65. The number of nitrogens with zero attached hydrogens (tertiary/aromatic N) is 1. The SMILES string of the molecule is COc1ccc2c(c1)C(C)(C)C1=C(C2)c2cccnc2C1. The van der Waals surface area contributed by atoms with Crippen molar-refractivity contribution >= 4 is 5.57 Å². The van der Waals surface area contributed by atoms with Gasteiger partial charge in [-0.3, -0.25) is 4.98 Å². The first-order valence-corrected chi connectivity index (χ1v) is 7.45. The molecule has 0 amide bonds. The van der Waals surface area contributed by atoms with Crippen molar-refractivity contribution < 1.29 is 4.74 Å². The van der Waals surface area contributed by atoms with E-state index in [0.717, 1.165) is 18.6 Å². The van der Waals surface area contributed by atoms with Gasteiger partial charge in [-0.15, -0.1) is 0 Å². The molecule has 0 spiro atoms. The average Bonchev–Trinajstić information content (AvgIpc) is 2.87. The molecule has 1 aromatic heterocycles. The number of fused-ring (bicyclic) bond motifs is 3. The third-order valence-electron chi connectivity index (χ3n) is 5.04. The Morgan fingerprint density at radius 3 is 2.81 bits per heavy atom. The van der Waals surface area contributed by atoms with Crippen LogP contribution in [0.4, 0.5) is 0 Å². The van der Waals surface area contributed by atoms with Gasteiger partial charge in [0.1, 0.15) is 5.75 Å². The highest BCUT2D eigenvalue weighted by Crippen LogP contribution is 2.49. The molecule has 0 radical (unpaired) electrons. The van der Waals surface area contributed by atoms with Crippen molar-refractivity contribution in [2.75, 3.05) is 7.11 Å². The molecule has 0 bridgehead atoms. The molecule has 0 aliphatic heterocycles. The van der Waals surface area contributed by atoms with Gasteiger partial charge in [-0.2, -0.15) is 0 Å².